The van der Waals surface area contributed by atoms with Crippen molar-refractivity contribution in [2.24, 2.45) is 29.2 Å². The summed E-state index contributed by atoms with van der Waals surface area (Å²) in [6.07, 6.45) is 0.830. The molecule has 1 fully saturated rings. The van der Waals surface area contributed by atoms with Crippen LogP contribution < -0.4 is 28.0 Å². The standard InChI is InChI=1S/C16H27N5O3/c1-7(8(2)24-19)10-5-12-11(6-13(10)23-4)14(15(18)21-12)16(22)20-9(3)17/h11-12,14-15,21H,3,5-6,17-19H2,1-2,4H3,(H,20,22)/b8-7+/t11-,12+,14?,15+/m1/s1. The van der Waals surface area contributed by atoms with Crippen LogP contribution in [0.15, 0.2) is 35.1 Å². The lowest BCUT2D eigenvalue weighted by atomic mass is 9.77. The number of nitrogens with one attached hydrogen (secondary N) is 2. The Kier molecular flexibility index (Phi) is 5.53. The Labute approximate surface area is 142 Å². The van der Waals surface area contributed by atoms with Gasteiger partial charge in [-0.3, -0.25) is 10.1 Å². The number of ether oxygens (including phenoxy) is 1. The maximum atomic E-state index is 12.4. The second-order valence-electron chi connectivity index (χ2n) is 6.32. The monoisotopic (exact) mass is 337 g/mol. The van der Waals surface area contributed by atoms with Gasteiger partial charge >= 0.3 is 0 Å². The van der Waals surface area contributed by atoms with Crippen LogP contribution in [0.25, 0.3) is 0 Å². The molecule has 134 valence electrons. The number of nitrogens with two attached hydrogens (primary N) is 3. The Balaban J connectivity index is 2.31. The lowest BCUT2D eigenvalue weighted by molar-refractivity contribution is -0.125. The molecule has 0 radical (unpaired) electrons. The summed E-state index contributed by atoms with van der Waals surface area (Å²) >= 11 is 0. The van der Waals surface area contributed by atoms with E-state index >= 15 is 0 Å². The van der Waals surface area contributed by atoms with E-state index in [1.807, 2.05) is 6.92 Å². The van der Waals surface area contributed by atoms with Gasteiger partial charge in [0.2, 0.25) is 5.91 Å². The maximum absolute atomic E-state index is 12.4. The molecule has 0 saturated carbocycles. The molecule has 8 N–H and O–H groups in total. The molecule has 1 amide bonds. The summed E-state index contributed by atoms with van der Waals surface area (Å²) in [4.78, 5) is 17.3. The molecular formula is C16H27N5O3. The van der Waals surface area contributed by atoms with E-state index in [4.69, 9.17) is 26.9 Å². The average Bonchev–Trinajstić information content (AvgIpc) is 2.86. The topological polar surface area (TPSA) is 138 Å². The summed E-state index contributed by atoms with van der Waals surface area (Å²) in [6, 6.07) is 0.0659. The highest BCUT2D eigenvalue weighted by Gasteiger charge is 2.48. The number of hydrogen-bond donors (Lipinski definition) is 5. The van der Waals surface area contributed by atoms with E-state index in [9.17, 15) is 4.79 Å². The summed E-state index contributed by atoms with van der Waals surface area (Å²) in [6.45, 7) is 7.25. The number of carbonyl (C=O) groups is 1. The SMILES string of the molecule is C=C(N)NC(=O)C1[C@@H](N)N[C@H]2CC(/C(C)=C(\C)ON)=C(OC)C[C@@H]12. The number of hydrogen-bond acceptors (Lipinski definition) is 7. The summed E-state index contributed by atoms with van der Waals surface area (Å²) < 4.78 is 5.58. The lowest BCUT2D eigenvalue weighted by Crippen LogP contribution is -2.45. The predicted molar refractivity (Wildman–Crippen MR) is 90.3 cm³/mol. The maximum Gasteiger partial charge on any atom is 0.231 e. The molecular weight excluding hydrogens is 310 g/mol. The van der Waals surface area contributed by atoms with Gasteiger partial charge in [-0.2, -0.15) is 5.90 Å². The van der Waals surface area contributed by atoms with E-state index in [-0.39, 0.29) is 23.7 Å². The van der Waals surface area contributed by atoms with E-state index in [2.05, 4.69) is 17.2 Å². The van der Waals surface area contributed by atoms with Gasteiger partial charge in [0.1, 0.15) is 5.76 Å². The van der Waals surface area contributed by atoms with Crippen molar-refractivity contribution < 1.29 is 14.4 Å². The van der Waals surface area contributed by atoms with Gasteiger partial charge in [0.15, 0.2) is 0 Å². The number of carbonyl (C=O) groups excluding carboxylic acids is 1. The number of amides is 1. The van der Waals surface area contributed by atoms with Gasteiger partial charge < -0.3 is 26.4 Å². The zero-order valence-electron chi connectivity index (χ0n) is 14.4. The van der Waals surface area contributed by atoms with Crippen LogP contribution in [0.4, 0.5) is 0 Å². The molecule has 0 aromatic rings. The molecule has 0 aromatic carbocycles. The van der Waals surface area contributed by atoms with Crippen molar-refractivity contribution in [2.45, 2.75) is 38.9 Å². The second-order valence-corrected chi connectivity index (χ2v) is 6.32. The molecule has 24 heavy (non-hydrogen) atoms. The van der Waals surface area contributed by atoms with Crippen LogP contribution in [-0.4, -0.2) is 25.2 Å². The molecule has 1 heterocycles. The minimum Gasteiger partial charge on any atom is -0.501 e. The fraction of sp³-hybridized carbons (Fsp3) is 0.562. The van der Waals surface area contributed by atoms with Gasteiger partial charge in [-0.25, -0.2) is 0 Å². The highest BCUT2D eigenvalue weighted by atomic mass is 16.6. The van der Waals surface area contributed by atoms with E-state index in [0.717, 1.165) is 16.9 Å². The lowest BCUT2D eigenvalue weighted by Gasteiger charge is -2.31. The molecule has 0 bridgehead atoms. The van der Waals surface area contributed by atoms with E-state index < -0.39 is 12.1 Å². The molecule has 0 spiro atoms. The normalized spacial score (nSPS) is 30.4. The van der Waals surface area contributed by atoms with Gasteiger partial charge in [0.25, 0.3) is 0 Å². The third-order valence-electron chi connectivity index (χ3n) is 4.94. The third-order valence-corrected chi connectivity index (χ3v) is 4.94. The predicted octanol–water partition coefficient (Wildman–Crippen LogP) is -0.1000. The van der Waals surface area contributed by atoms with E-state index in [0.29, 0.717) is 18.6 Å². The van der Waals surface area contributed by atoms with Gasteiger partial charge in [0.05, 0.1) is 30.8 Å². The molecule has 1 unspecified atom stereocenters. The minimum absolute atomic E-state index is 0.0185. The van der Waals surface area contributed by atoms with Crippen LogP contribution in [0, 0.1) is 11.8 Å². The average molecular weight is 337 g/mol. The van der Waals surface area contributed by atoms with Crippen molar-refractivity contribution in [1.82, 2.24) is 10.6 Å². The molecule has 1 saturated heterocycles. The number of rotatable bonds is 5. The summed E-state index contributed by atoms with van der Waals surface area (Å²) in [5, 5.41) is 5.87. The van der Waals surface area contributed by atoms with Gasteiger partial charge in [-0.05, 0) is 37.3 Å². The van der Waals surface area contributed by atoms with Crippen LogP contribution in [-0.2, 0) is 14.4 Å². The molecule has 8 heteroatoms. The smallest absolute Gasteiger partial charge is 0.231 e. The third kappa shape index (κ3) is 3.40. The first-order valence-electron chi connectivity index (χ1n) is 7.87. The Morgan fingerprint density at radius 3 is 2.58 bits per heavy atom. The first-order chi connectivity index (χ1) is 11.3. The largest absolute Gasteiger partial charge is 0.501 e. The first kappa shape index (κ1) is 18.3. The van der Waals surface area contributed by atoms with E-state index in [1.165, 1.54) is 0 Å². The van der Waals surface area contributed by atoms with Crippen molar-refractivity contribution in [3.05, 3.63) is 35.1 Å². The van der Waals surface area contributed by atoms with Crippen molar-refractivity contribution in [3.63, 3.8) is 0 Å². The van der Waals surface area contributed by atoms with E-state index in [1.54, 1.807) is 14.0 Å². The summed E-state index contributed by atoms with van der Waals surface area (Å²) in [7, 11) is 1.63. The van der Waals surface area contributed by atoms with Crippen LogP contribution >= 0.6 is 0 Å². The Morgan fingerprint density at radius 2 is 2.04 bits per heavy atom. The molecule has 4 atom stereocenters. The van der Waals surface area contributed by atoms with Gasteiger partial charge in [-0.15, -0.1) is 0 Å². The highest BCUT2D eigenvalue weighted by molar-refractivity contribution is 5.81. The molecule has 2 aliphatic rings. The molecule has 2 rings (SSSR count). The van der Waals surface area contributed by atoms with Gasteiger partial charge in [-0.1, -0.05) is 6.58 Å². The molecule has 0 aromatic heterocycles. The van der Waals surface area contributed by atoms with Crippen molar-refractivity contribution in [2.75, 3.05) is 7.11 Å². The van der Waals surface area contributed by atoms with Crippen LogP contribution in [0.5, 0.6) is 0 Å². The van der Waals surface area contributed by atoms with Gasteiger partial charge in [0, 0.05) is 12.5 Å². The quantitative estimate of drug-likeness (QED) is 0.349. The highest BCUT2D eigenvalue weighted by Crippen LogP contribution is 2.42. The fourth-order valence-electron chi connectivity index (χ4n) is 3.61. The number of methoxy groups -OCH3 is 1. The first-order valence-corrected chi connectivity index (χ1v) is 7.87. The summed E-state index contributed by atoms with van der Waals surface area (Å²) in [5.41, 5.74) is 13.6. The molecule has 1 aliphatic carbocycles. The Bertz CT molecular complexity index is 599. The zero-order chi connectivity index (χ0) is 18.0. The Hall–Kier alpha value is -2.03. The van der Waals surface area contributed by atoms with Crippen molar-refractivity contribution >= 4 is 5.91 Å². The van der Waals surface area contributed by atoms with Crippen LogP contribution in [0.1, 0.15) is 26.7 Å². The van der Waals surface area contributed by atoms with Crippen LogP contribution in [0.3, 0.4) is 0 Å². The second kappa shape index (κ2) is 7.25. The molecule has 8 nitrogen and oxygen atoms in total. The molecule has 1 aliphatic heterocycles. The zero-order valence-corrected chi connectivity index (χ0v) is 14.4. The number of allylic oxidation sites excluding steroid dienone is 3. The summed E-state index contributed by atoms with van der Waals surface area (Å²) in [5.74, 6) is 6.24. The van der Waals surface area contributed by atoms with Crippen molar-refractivity contribution in [1.29, 1.82) is 0 Å². The fourth-order valence-corrected chi connectivity index (χ4v) is 3.61. The Morgan fingerprint density at radius 1 is 1.38 bits per heavy atom. The minimum atomic E-state index is -0.451. The van der Waals surface area contributed by atoms with Crippen molar-refractivity contribution in [3.8, 4) is 0 Å². The van der Waals surface area contributed by atoms with Crippen LogP contribution in [0.2, 0.25) is 0 Å². The number of fused-ring (bicyclic) bond motifs is 1.